The van der Waals surface area contributed by atoms with E-state index in [1.165, 1.54) is 0 Å². The Morgan fingerprint density at radius 2 is 1.59 bits per heavy atom. The summed E-state index contributed by atoms with van der Waals surface area (Å²) in [5, 5.41) is 12.0. The lowest BCUT2D eigenvalue weighted by Gasteiger charge is -2.33. The fraction of sp³-hybridized carbons (Fsp3) is 0.529. The van der Waals surface area contributed by atoms with E-state index in [1.54, 1.807) is 34.6 Å². The molecular weight excluding hydrogens is 282 g/mol. The third-order valence-electron chi connectivity index (χ3n) is 3.43. The largest absolute Gasteiger partial charge is 0.480 e. The molecular formula is C17H25NO4. The van der Waals surface area contributed by atoms with Crippen LogP contribution < -0.4 is 5.32 Å². The zero-order chi connectivity index (χ0) is 17.1. The van der Waals surface area contributed by atoms with E-state index in [0.717, 1.165) is 11.1 Å². The van der Waals surface area contributed by atoms with Crippen molar-refractivity contribution in [2.45, 2.75) is 58.6 Å². The van der Waals surface area contributed by atoms with Crippen LogP contribution in [-0.4, -0.2) is 28.8 Å². The van der Waals surface area contributed by atoms with Crippen molar-refractivity contribution in [3.8, 4) is 0 Å². The molecule has 0 spiro atoms. The highest BCUT2D eigenvalue weighted by Crippen LogP contribution is 2.28. The number of carboxylic acid groups (broad SMARTS) is 1. The quantitative estimate of drug-likeness (QED) is 0.895. The topological polar surface area (TPSA) is 75.6 Å². The Bertz CT molecular complexity index is 541. The van der Waals surface area contributed by atoms with Crippen LogP contribution in [0.3, 0.4) is 0 Å². The highest BCUT2D eigenvalue weighted by atomic mass is 16.6. The Labute approximate surface area is 131 Å². The first-order valence-corrected chi connectivity index (χ1v) is 7.23. The molecule has 0 heterocycles. The Kier molecular flexibility index (Phi) is 5.22. The average molecular weight is 307 g/mol. The van der Waals surface area contributed by atoms with Crippen molar-refractivity contribution in [3.63, 3.8) is 0 Å². The number of ether oxygens (including phenoxy) is 1. The summed E-state index contributed by atoms with van der Waals surface area (Å²) in [6.07, 6.45) is -0.736. The molecule has 1 aromatic carbocycles. The second-order valence-electron chi connectivity index (χ2n) is 7.01. The number of amides is 1. The molecule has 122 valence electrons. The molecule has 0 bridgehead atoms. The molecule has 5 nitrogen and oxygen atoms in total. The molecule has 1 rings (SSSR count). The molecule has 0 radical (unpaired) electrons. The van der Waals surface area contributed by atoms with Gasteiger partial charge >= 0.3 is 12.1 Å². The van der Waals surface area contributed by atoms with Crippen LogP contribution in [0.1, 0.15) is 45.7 Å². The van der Waals surface area contributed by atoms with Gasteiger partial charge in [0.2, 0.25) is 0 Å². The summed E-state index contributed by atoms with van der Waals surface area (Å²) >= 11 is 0. The van der Waals surface area contributed by atoms with Gasteiger partial charge in [0.25, 0.3) is 0 Å². The van der Waals surface area contributed by atoms with Crippen molar-refractivity contribution in [1.29, 1.82) is 0 Å². The first kappa shape index (κ1) is 18.0. The van der Waals surface area contributed by atoms with Gasteiger partial charge in [0.15, 0.2) is 0 Å². The van der Waals surface area contributed by atoms with Gasteiger partial charge in [-0.3, -0.25) is 0 Å². The molecule has 22 heavy (non-hydrogen) atoms. The van der Waals surface area contributed by atoms with Crippen LogP contribution in [0.4, 0.5) is 4.79 Å². The van der Waals surface area contributed by atoms with Gasteiger partial charge in [0.1, 0.15) is 11.6 Å². The van der Waals surface area contributed by atoms with Gasteiger partial charge in [-0.05, 0) is 33.3 Å². The lowest BCUT2D eigenvalue weighted by molar-refractivity contribution is -0.141. The van der Waals surface area contributed by atoms with Crippen molar-refractivity contribution >= 4 is 12.1 Å². The predicted octanol–water partition coefficient (Wildman–Crippen LogP) is 3.25. The van der Waals surface area contributed by atoms with Gasteiger partial charge < -0.3 is 15.2 Å². The van der Waals surface area contributed by atoms with Gasteiger partial charge in [0.05, 0.1) is 0 Å². The molecule has 0 saturated carbocycles. The molecule has 1 aromatic rings. The summed E-state index contributed by atoms with van der Waals surface area (Å²) in [5.74, 6) is -1.10. The van der Waals surface area contributed by atoms with E-state index in [-0.39, 0.29) is 0 Å². The lowest BCUT2D eigenvalue weighted by Crippen LogP contribution is -2.53. The summed E-state index contributed by atoms with van der Waals surface area (Å²) in [6.45, 7) is 10.7. The minimum absolute atomic E-state index is 0.679. The summed E-state index contributed by atoms with van der Waals surface area (Å²) in [6, 6.07) is 6.50. The second-order valence-corrected chi connectivity index (χ2v) is 7.01. The number of aryl methyl sites for hydroxylation is 1. The predicted molar refractivity (Wildman–Crippen MR) is 85.0 cm³/mol. The number of hydrogen-bond acceptors (Lipinski definition) is 3. The van der Waals surface area contributed by atoms with E-state index in [2.05, 4.69) is 5.32 Å². The first-order chi connectivity index (χ1) is 9.93. The number of nitrogens with one attached hydrogen (secondary N) is 1. The third kappa shape index (κ3) is 4.76. The number of alkyl carbamates (subject to hydrolysis) is 1. The van der Waals surface area contributed by atoms with Crippen molar-refractivity contribution in [2.75, 3.05) is 0 Å². The molecule has 1 atom stereocenters. The van der Waals surface area contributed by atoms with Crippen LogP contribution in [0.2, 0.25) is 0 Å². The van der Waals surface area contributed by atoms with E-state index in [0.29, 0.717) is 0 Å². The SMILES string of the molecule is Cc1ccc(C(C)(C)C(NC(=O)OC(C)(C)C)C(=O)O)cc1. The Hall–Kier alpha value is -2.04. The van der Waals surface area contributed by atoms with Gasteiger partial charge in [-0.2, -0.15) is 0 Å². The number of rotatable bonds is 4. The number of hydrogen-bond donors (Lipinski definition) is 2. The Morgan fingerprint density at radius 3 is 2.00 bits per heavy atom. The molecule has 1 unspecified atom stereocenters. The number of carbonyl (C=O) groups is 2. The number of aliphatic carboxylic acids is 1. The van der Waals surface area contributed by atoms with Gasteiger partial charge in [-0.25, -0.2) is 9.59 Å². The molecule has 0 aromatic heterocycles. The summed E-state index contributed by atoms with van der Waals surface area (Å²) in [4.78, 5) is 23.5. The van der Waals surface area contributed by atoms with Crippen LogP contribution >= 0.6 is 0 Å². The molecule has 0 aliphatic rings. The van der Waals surface area contributed by atoms with Gasteiger partial charge in [0, 0.05) is 5.41 Å². The Balaban J connectivity index is 3.01. The van der Waals surface area contributed by atoms with Gasteiger partial charge in [-0.15, -0.1) is 0 Å². The van der Waals surface area contributed by atoms with E-state index >= 15 is 0 Å². The minimum Gasteiger partial charge on any atom is -0.480 e. The monoisotopic (exact) mass is 307 g/mol. The smallest absolute Gasteiger partial charge is 0.408 e. The zero-order valence-corrected chi connectivity index (χ0v) is 14.1. The fourth-order valence-corrected chi connectivity index (χ4v) is 2.13. The fourth-order valence-electron chi connectivity index (χ4n) is 2.13. The third-order valence-corrected chi connectivity index (χ3v) is 3.43. The van der Waals surface area contributed by atoms with E-state index in [9.17, 15) is 14.7 Å². The maximum atomic E-state index is 11.9. The molecule has 2 N–H and O–H groups in total. The number of carboxylic acids is 1. The minimum atomic E-state index is -1.10. The molecule has 0 fully saturated rings. The van der Waals surface area contributed by atoms with Crippen LogP contribution in [0, 0.1) is 6.92 Å². The molecule has 5 heteroatoms. The zero-order valence-electron chi connectivity index (χ0n) is 14.1. The standard InChI is InChI=1S/C17H25NO4/c1-11-7-9-12(10-8-11)17(5,6)13(14(19)20)18-15(21)22-16(2,3)4/h7-10,13H,1-6H3,(H,18,21)(H,19,20). The maximum absolute atomic E-state index is 11.9. The summed E-state index contributed by atoms with van der Waals surface area (Å²) in [7, 11) is 0. The van der Waals surface area contributed by atoms with Crippen LogP contribution in [0.25, 0.3) is 0 Å². The van der Waals surface area contributed by atoms with Crippen LogP contribution in [0.15, 0.2) is 24.3 Å². The molecule has 0 aliphatic carbocycles. The van der Waals surface area contributed by atoms with Crippen LogP contribution in [0.5, 0.6) is 0 Å². The van der Waals surface area contributed by atoms with Crippen molar-refractivity contribution < 1.29 is 19.4 Å². The summed E-state index contributed by atoms with van der Waals surface area (Å²) < 4.78 is 5.16. The van der Waals surface area contributed by atoms with E-state index in [1.807, 2.05) is 31.2 Å². The molecule has 1 amide bonds. The van der Waals surface area contributed by atoms with Crippen LogP contribution in [-0.2, 0) is 14.9 Å². The first-order valence-electron chi connectivity index (χ1n) is 7.23. The molecule has 0 aliphatic heterocycles. The highest BCUT2D eigenvalue weighted by Gasteiger charge is 2.38. The van der Waals surface area contributed by atoms with E-state index < -0.39 is 29.1 Å². The van der Waals surface area contributed by atoms with E-state index in [4.69, 9.17) is 4.74 Å². The molecule has 0 saturated heterocycles. The second kappa shape index (κ2) is 6.38. The normalized spacial score (nSPS) is 13.4. The van der Waals surface area contributed by atoms with Crippen molar-refractivity contribution in [2.24, 2.45) is 0 Å². The van der Waals surface area contributed by atoms with Gasteiger partial charge in [-0.1, -0.05) is 43.7 Å². The summed E-state index contributed by atoms with van der Waals surface area (Å²) in [5.41, 5.74) is 0.463. The Morgan fingerprint density at radius 1 is 1.09 bits per heavy atom. The number of benzene rings is 1. The highest BCUT2D eigenvalue weighted by molar-refractivity contribution is 5.82. The van der Waals surface area contributed by atoms with Crippen molar-refractivity contribution in [1.82, 2.24) is 5.32 Å². The lowest BCUT2D eigenvalue weighted by atomic mass is 9.77. The van der Waals surface area contributed by atoms with Crippen molar-refractivity contribution in [3.05, 3.63) is 35.4 Å². The maximum Gasteiger partial charge on any atom is 0.408 e. The number of carbonyl (C=O) groups excluding carboxylic acids is 1. The average Bonchev–Trinajstić information content (AvgIpc) is 2.33.